The summed E-state index contributed by atoms with van der Waals surface area (Å²) in [4.78, 5) is 15.0. The van der Waals surface area contributed by atoms with E-state index < -0.39 is 0 Å². The van der Waals surface area contributed by atoms with Crippen LogP contribution in [0.2, 0.25) is 0 Å². The quantitative estimate of drug-likeness (QED) is 0.168. The summed E-state index contributed by atoms with van der Waals surface area (Å²) in [6.45, 7) is 0. The molecule has 0 saturated carbocycles. The van der Waals surface area contributed by atoms with Gasteiger partial charge in [0.25, 0.3) is 0 Å². The largest absolute Gasteiger partial charge is 0.456 e. The minimum Gasteiger partial charge on any atom is -0.456 e. The summed E-state index contributed by atoms with van der Waals surface area (Å²) < 4.78 is 6.23. The van der Waals surface area contributed by atoms with Crippen LogP contribution in [0.1, 0.15) is 0 Å². The van der Waals surface area contributed by atoms with E-state index in [-0.39, 0.29) is 0 Å². The first kappa shape index (κ1) is 31.1. The molecule has 256 valence electrons. The lowest BCUT2D eigenvalue weighted by Crippen LogP contribution is -2.00. The molecule has 0 spiro atoms. The third kappa shape index (κ3) is 5.26. The molecule has 4 nitrogen and oxygen atoms in total. The maximum Gasteiger partial charge on any atom is 0.164 e. The minimum absolute atomic E-state index is 0.643. The van der Waals surface area contributed by atoms with Gasteiger partial charge in [0.2, 0.25) is 0 Å². The predicted molar refractivity (Wildman–Crippen MR) is 227 cm³/mol. The van der Waals surface area contributed by atoms with Crippen LogP contribution < -0.4 is 0 Å². The Bertz CT molecular complexity index is 3200. The van der Waals surface area contributed by atoms with Gasteiger partial charge in [0.15, 0.2) is 17.5 Å². The van der Waals surface area contributed by atoms with Crippen LogP contribution in [0.25, 0.3) is 111 Å². The first-order valence-corrected chi connectivity index (χ1v) is 18.5. The third-order valence-electron chi connectivity index (χ3n) is 10.7. The lowest BCUT2D eigenvalue weighted by atomic mass is 9.90. The summed E-state index contributed by atoms with van der Waals surface area (Å²) >= 11 is 0. The van der Waals surface area contributed by atoms with Crippen LogP contribution in [0.4, 0.5) is 0 Å². The van der Waals surface area contributed by atoms with Crippen molar-refractivity contribution in [2.45, 2.75) is 0 Å². The molecule has 0 atom stereocenters. The molecule has 0 saturated heterocycles. The third-order valence-corrected chi connectivity index (χ3v) is 10.7. The molecule has 0 unspecified atom stereocenters. The van der Waals surface area contributed by atoms with E-state index in [1.54, 1.807) is 0 Å². The second-order valence-corrected chi connectivity index (χ2v) is 14.0. The van der Waals surface area contributed by atoms with Crippen molar-refractivity contribution in [3.8, 4) is 56.4 Å². The second kappa shape index (κ2) is 12.6. The summed E-state index contributed by atoms with van der Waals surface area (Å²) in [7, 11) is 0. The zero-order valence-corrected chi connectivity index (χ0v) is 29.6. The lowest BCUT2D eigenvalue weighted by molar-refractivity contribution is 0.669. The summed E-state index contributed by atoms with van der Waals surface area (Å²) in [5.74, 6) is 1.94. The van der Waals surface area contributed by atoms with Gasteiger partial charge < -0.3 is 4.42 Å². The van der Waals surface area contributed by atoms with Crippen LogP contribution in [0, 0.1) is 0 Å². The number of furan rings is 1. The Morgan fingerprint density at radius 1 is 0.273 bits per heavy atom. The average Bonchev–Trinajstić information content (AvgIpc) is 3.66. The zero-order valence-electron chi connectivity index (χ0n) is 29.6. The maximum absolute atomic E-state index is 6.23. The van der Waals surface area contributed by atoms with Gasteiger partial charge in [-0.1, -0.05) is 158 Å². The van der Waals surface area contributed by atoms with Crippen molar-refractivity contribution in [3.63, 3.8) is 0 Å². The standard InChI is InChI=1S/C51H31N3O/c1-3-13-32(14-4-1)49-52-50(33-15-5-2-6-16-33)54-51(53-49)37-26-28-41-39-19-7-8-20-40(39)44-30-35(25-27-42(44)45(41)31-37)34-17-11-18-36(29-34)38-22-12-24-47-48(38)43-21-9-10-23-46(43)55-47/h1-31H. The smallest absolute Gasteiger partial charge is 0.164 e. The van der Waals surface area contributed by atoms with E-state index in [0.29, 0.717) is 17.5 Å². The molecule has 2 aromatic heterocycles. The summed E-state index contributed by atoms with van der Waals surface area (Å²) in [6.07, 6.45) is 0. The molecule has 0 aliphatic rings. The molecule has 0 bridgehead atoms. The van der Waals surface area contributed by atoms with Crippen LogP contribution in [-0.4, -0.2) is 15.0 Å². The molecule has 11 rings (SSSR count). The molecule has 0 aliphatic carbocycles. The highest BCUT2D eigenvalue weighted by Gasteiger charge is 2.17. The number of nitrogens with zero attached hydrogens (tertiary/aromatic N) is 3. The van der Waals surface area contributed by atoms with Gasteiger partial charge in [0.05, 0.1) is 0 Å². The number of para-hydroxylation sites is 1. The van der Waals surface area contributed by atoms with Gasteiger partial charge in [-0.25, -0.2) is 15.0 Å². The fraction of sp³-hybridized carbons (Fsp3) is 0. The van der Waals surface area contributed by atoms with E-state index in [9.17, 15) is 0 Å². The molecule has 55 heavy (non-hydrogen) atoms. The summed E-state index contributed by atoms with van der Waals surface area (Å²) in [5.41, 5.74) is 9.30. The van der Waals surface area contributed by atoms with E-state index in [2.05, 4.69) is 115 Å². The van der Waals surface area contributed by atoms with Crippen molar-refractivity contribution in [2.75, 3.05) is 0 Å². The number of hydrogen-bond donors (Lipinski definition) is 0. The minimum atomic E-state index is 0.643. The number of aromatic nitrogens is 3. The van der Waals surface area contributed by atoms with E-state index in [4.69, 9.17) is 19.4 Å². The van der Waals surface area contributed by atoms with Crippen LogP contribution in [0.15, 0.2) is 192 Å². The topological polar surface area (TPSA) is 51.8 Å². The van der Waals surface area contributed by atoms with Crippen molar-refractivity contribution in [1.82, 2.24) is 15.0 Å². The number of fused-ring (bicyclic) bond motifs is 9. The Morgan fingerprint density at radius 3 is 1.44 bits per heavy atom. The SMILES string of the molecule is c1ccc(-c2nc(-c3ccccc3)nc(-c3ccc4c5ccccc5c5cc(-c6cccc(-c7cccc8oc9ccccc9c78)c6)ccc5c4c3)n2)cc1. The molecule has 0 fully saturated rings. The molecule has 0 aliphatic heterocycles. The summed E-state index contributed by atoms with van der Waals surface area (Å²) in [5, 5.41) is 9.46. The zero-order chi connectivity index (χ0) is 36.3. The molecule has 0 N–H and O–H groups in total. The Morgan fingerprint density at radius 2 is 0.727 bits per heavy atom. The molecule has 2 heterocycles. The Labute approximate surface area is 317 Å². The Kier molecular flexibility index (Phi) is 7.14. The van der Waals surface area contributed by atoms with Crippen molar-refractivity contribution in [3.05, 3.63) is 188 Å². The van der Waals surface area contributed by atoms with Crippen molar-refractivity contribution >= 4 is 54.3 Å². The molecule has 4 heteroatoms. The van der Waals surface area contributed by atoms with Crippen LogP contribution in [0.3, 0.4) is 0 Å². The highest BCUT2D eigenvalue weighted by Crippen LogP contribution is 2.41. The van der Waals surface area contributed by atoms with Gasteiger partial charge in [0, 0.05) is 27.5 Å². The normalized spacial score (nSPS) is 11.6. The van der Waals surface area contributed by atoms with E-state index in [1.807, 2.05) is 72.8 Å². The fourth-order valence-electron chi connectivity index (χ4n) is 8.09. The second-order valence-electron chi connectivity index (χ2n) is 14.0. The van der Waals surface area contributed by atoms with Gasteiger partial charge in [0.1, 0.15) is 11.2 Å². The predicted octanol–water partition coefficient (Wildman–Crippen LogP) is 13.6. The van der Waals surface area contributed by atoms with Crippen LogP contribution >= 0.6 is 0 Å². The highest BCUT2D eigenvalue weighted by molar-refractivity contribution is 6.26. The van der Waals surface area contributed by atoms with Gasteiger partial charge in [-0.2, -0.15) is 0 Å². The van der Waals surface area contributed by atoms with Crippen molar-refractivity contribution in [2.24, 2.45) is 0 Å². The van der Waals surface area contributed by atoms with Gasteiger partial charge in [-0.15, -0.1) is 0 Å². The number of rotatable bonds is 5. The average molecular weight is 702 g/mol. The molecular formula is C51H31N3O. The molecule has 11 aromatic rings. The van der Waals surface area contributed by atoms with Crippen molar-refractivity contribution in [1.29, 1.82) is 0 Å². The number of hydrogen-bond acceptors (Lipinski definition) is 4. The molecular weight excluding hydrogens is 671 g/mol. The van der Waals surface area contributed by atoms with Crippen LogP contribution in [-0.2, 0) is 0 Å². The van der Waals surface area contributed by atoms with Crippen molar-refractivity contribution < 1.29 is 4.42 Å². The first-order chi connectivity index (χ1) is 27.2. The first-order valence-electron chi connectivity index (χ1n) is 18.5. The summed E-state index contributed by atoms with van der Waals surface area (Å²) in [6, 6.07) is 65.9. The van der Waals surface area contributed by atoms with E-state index >= 15 is 0 Å². The van der Waals surface area contributed by atoms with Gasteiger partial charge >= 0.3 is 0 Å². The van der Waals surface area contributed by atoms with Gasteiger partial charge in [-0.3, -0.25) is 0 Å². The monoisotopic (exact) mass is 701 g/mol. The van der Waals surface area contributed by atoms with Crippen LogP contribution in [0.5, 0.6) is 0 Å². The fourth-order valence-corrected chi connectivity index (χ4v) is 8.09. The molecule has 0 radical (unpaired) electrons. The number of benzene rings is 9. The van der Waals surface area contributed by atoms with E-state index in [1.165, 1.54) is 32.5 Å². The highest BCUT2D eigenvalue weighted by atomic mass is 16.3. The Hall–Kier alpha value is -7.43. The Balaban J connectivity index is 1.08. The van der Waals surface area contributed by atoms with Gasteiger partial charge in [-0.05, 0) is 84.9 Å². The molecule has 9 aromatic carbocycles. The lowest BCUT2D eigenvalue weighted by Gasteiger charge is -2.14. The maximum atomic E-state index is 6.23. The van der Waals surface area contributed by atoms with E-state index in [0.717, 1.165) is 60.7 Å². The molecule has 0 amide bonds.